The largest absolute Gasteiger partial charge is 0.394 e. The van der Waals surface area contributed by atoms with E-state index in [1.807, 2.05) is 24.3 Å². The predicted molar refractivity (Wildman–Crippen MR) is 80.2 cm³/mol. The maximum absolute atomic E-state index is 11.9. The molecule has 116 valence electrons. The number of benzene rings is 1. The molecule has 7 heteroatoms. The quantitative estimate of drug-likeness (QED) is 0.798. The second-order valence-corrected chi connectivity index (χ2v) is 5.20. The first-order chi connectivity index (χ1) is 10.6. The lowest BCUT2D eigenvalue weighted by Gasteiger charge is -2.21. The lowest BCUT2D eigenvalue weighted by Crippen LogP contribution is -2.31. The van der Waals surface area contributed by atoms with Gasteiger partial charge in [0.05, 0.1) is 12.3 Å². The van der Waals surface area contributed by atoms with E-state index in [0.29, 0.717) is 12.8 Å². The SMILES string of the molecule is Cn1ccn(-c2ccc(N3CC(CO)OC3C=O)cc2)c1=O. The van der Waals surface area contributed by atoms with Gasteiger partial charge in [-0.05, 0) is 24.3 Å². The summed E-state index contributed by atoms with van der Waals surface area (Å²) < 4.78 is 8.45. The monoisotopic (exact) mass is 303 g/mol. The number of nitrogens with zero attached hydrogens (tertiary/aromatic N) is 3. The van der Waals surface area contributed by atoms with Crippen LogP contribution in [0.25, 0.3) is 5.69 Å². The van der Waals surface area contributed by atoms with Crippen molar-refractivity contribution in [2.45, 2.75) is 12.3 Å². The average molecular weight is 303 g/mol. The molecule has 1 aromatic heterocycles. The van der Waals surface area contributed by atoms with Gasteiger partial charge in [-0.1, -0.05) is 0 Å². The van der Waals surface area contributed by atoms with Crippen molar-refractivity contribution in [2.75, 3.05) is 18.1 Å². The van der Waals surface area contributed by atoms with Gasteiger partial charge in [0.2, 0.25) is 0 Å². The van der Waals surface area contributed by atoms with Crippen molar-refractivity contribution in [3.63, 3.8) is 0 Å². The summed E-state index contributed by atoms with van der Waals surface area (Å²) in [6.07, 6.45) is 3.05. The van der Waals surface area contributed by atoms with Crippen LogP contribution in [0.4, 0.5) is 5.69 Å². The smallest absolute Gasteiger partial charge is 0.332 e. The summed E-state index contributed by atoms with van der Waals surface area (Å²) in [5, 5.41) is 9.16. The maximum Gasteiger partial charge on any atom is 0.332 e. The van der Waals surface area contributed by atoms with Crippen molar-refractivity contribution in [2.24, 2.45) is 7.05 Å². The van der Waals surface area contributed by atoms with Gasteiger partial charge < -0.3 is 19.3 Å². The van der Waals surface area contributed by atoms with Crippen LogP contribution in [-0.2, 0) is 16.6 Å². The Morgan fingerprint density at radius 2 is 1.95 bits per heavy atom. The number of aliphatic hydroxyl groups excluding tert-OH is 1. The Kier molecular flexibility index (Phi) is 3.82. The molecule has 3 rings (SSSR count). The van der Waals surface area contributed by atoms with Crippen molar-refractivity contribution in [3.8, 4) is 5.69 Å². The van der Waals surface area contributed by atoms with Crippen LogP contribution < -0.4 is 10.6 Å². The van der Waals surface area contributed by atoms with E-state index < -0.39 is 6.23 Å². The fraction of sp³-hybridized carbons (Fsp3) is 0.333. The van der Waals surface area contributed by atoms with E-state index in [2.05, 4.69) is 0 Å². The third-order valence-corrected chi connectivity index (χ3v) is 3.77. The maximum atomic E-state index is 11.9. The molecule has 1 N–H and O–H groups in total. The number of ether oxygens (including phenoxy) is 1. The van der Waals surface area contributed by atoms with Crippen molar-refractivity contribution < 1.29 is 14.6 Å². The van der Waals surface area contributed by atoms with Crippen LogP contribution in [0.3, 0.4) is 0 Å². The number of hydrogen-bond donors (Lipinski definition) is 1. The van der Waals surface area contributed by atoms with E-state index in [4.69, 9.17) is 9.84 Å². The predicted octanol–water partition coefficient (Wildman–Crippen LogP) is -0.102. The summed E-state index contributed by atoms with van der Waals surface area (Å²) in [7, 11) is 1.69. The van der Waals surface area contributed by atoms with Gasteiger partial charge in [-0.2, -0.15) is 0 Å². The lowest BCUT2D eigenvalue weighted by molar-refractivity contribution is -0.117. The number of aliphatic hydroxyl groups is 1. The molecule has 1 fully saturated rings. The molecule has 2 heterocycles. The second kappa shape index (κ2) is 5.78. The second-order valence-electron chi connectivity index (χ2n) is 5.20. The number of rotatable bonds is 4. The molecular formula is C15H17N3O4. The lowest BCUT2D eigenvalue weighted by atomic mass is 10.2. The van der Waals surface area contributed by atoms with Gasteiger partial charge in [0.1, 0.15) is 6.10 Å². The molecule has 0 amide bonds. The molecule has 0 spiro atoms. The Morgan fingerprint density at radius 1 is 1.27 bits per heavy atom. The van der Waals surface area contributed by atoms with Gasteiger partial charge in [-0.15, -0.1) is 0 Å². The topological polar surface area (TPSA) is 76.7 Å². The zero-order chi connectivity index (χ0) is 15.7. The van der Waals surface area contributed by atoms with E-state index in [0.717, 1.165) is 11.4 Å². The Morgan fingerprint density at radius 3 is 2.50 bits per heavy atom. The molecule has 0 bridgehead atoms. The minimum atomic E-state index is -0.692. The first-order valence-electron chi connectivity index (χ1n) is 6.96. The molecule has 1 aromatic carbocycles. The zero-order valence-electron chi connectivity index (χ0n) is 12.1. The van der Waals surface area contributed by atoms with Crippen LogP contribution in [0, 0.1) is 0 Å². The van der Waals surface area contributed by atoms with Crippen molar-refractivity contribution in [1.82, 2.24) is 9.13 Å². The average Bonchev–Trinajstić information content (AvgIpc) is 3.12. The van der Waals surface area contributed by atoms with Gasteiger partial charge in [0, 0.05) is 31.7 Å². The number of aryl methyl sites for hydroxylation is 1. The summed E-state index contributed by atoms with van der Waals surface area (Å²) in [5.41, 5.74) is 1.43. The molecule has 2 aromatic rings. The van der Waals surface area contributed by atoms with Crippen LogP contribution in [0.1, 0.15) is 0 Å². The van der Waals surface area contributed by atoms with Crippen LogP contribution in [0.15, 0.2) is 41.5 Å². The Balaban J connectivity index is 1.87. The first kappa shape index (κ1) is 14.6. The van der Waals surface area contributed by atoms with Crippen molar-refractivity contribution in [1.29, 1.82) is 0 Å². The number of anilines is 1. The molecule has 1 aliphatic rings. The van der Waals surface area contributed by atoms with Crippen LogP contribution in [0.2, 0.25) is 0 Å². The van der Waals surface area contributed by atoms with Crippen molar-refractivity contribution in [3.05, 3.63) is 47.1 Å². The number of carbonyl (C=O) groups excluding carboxylic acids is 1. The minimum Gasteiger partial charge on any atom is -0.394 e. The Hall–Kier alpha value is -2.38. The van der Waals surface area contributed by atoms with Gasteiger partial charge >= 0.3 is 5.69 Å². The molecule has 1 aliphatic heterocycles. The normalized spacial score (nSPS) is 21.3. The summed E-state index contributed by atoms with van der Waals surface area (Å²) >= 11 is 0. The molecular weight excluding hydrogens is 286 g/mol. The number of carbonyl (C=O) groups is 1. The Labute approximate surface area is 127 Å². The number of aldehydes is 1. The molecule has 7 nitrogen and oxygen atoms in total. The van der Waals surface area contributed by atoms with Crippen LogP contribution in [0.5, 0.6) is 0 Å². The fourth-order valence-electron chi connectivity index (χ4n) is 2.56. The van der Waals surface area contributed by atoms with E-state index in [-0.39, 0.29) is 18.4 Å². The standard InChI is InChI=1S/C15H17N3O4/c1-16-6-7-17(15(16)21)11-2-4-12(5-3-11)18-8-13(9-19)22-14(18)10-20/h2-7,10,13-14,19H,8-9H2,1H3. The molecule has 0 saturated carbocycles. The number of hydrogen-bond acceptors (Lipinski definition) is 5. The highest BCUT2D eigenvalue weighted by Crippen LogP contribution is 2.24. The minimum absolute atomic E-state index is 0.122. The highest BCUT2D eigenvalue weighted by Gasteiger charge is 2.32. The third-order valence-electron chi connectivity index (χ3n) is 3.77. The molecule has 0 radical (unpaired) electrons. The Bertz CT molecular complexity index is 719. The van der Waals surface area contributed by atoms with E-state index in [1.165, 1.54) is 9.13 Å². The molecule has 0 aliphatic carbocycles. The van der Waals surface area contributed by atoms with E-state index >= 15 is 0 Å². The van der Waals surface area contributed by atoms with Crippen LogP contribution in [-0.4, -0.2) is 46.0 Å². The molecule has 1 saturated heterocycles. The van der Waals surface area contributed by atoms with Crippen LogP contribution >= 0.6 is 0 Å². The highest BCUT2D eigenvalue weighted by atomic mass is 16.5. The molecule has 2 unspecified atom stereocenters. The summed E-state index contributed by atoms with van der Waals surface area (Å²) in [6.45, 7) is 0.322. The van der Waals surface area contributed by atoms with Crippen molar-refractivity contribution >= 4 is 12.0 Å². The van der Waals surface area contributed by atoms with Gasteiger partial charge in [0.25, 0.3) is 0 Å². The van der Waals surface area contributed by atoms with Gasteiger partial charge in [-0.25, -0.2) is 4.79 Å². The molecule has 2 atom stereocenters. The molecule has 22 heavy (non-hydrogen) atoms. The summed E-state index contributed by atoms with van der Waals surface area (Å²) in [4.78, 5) is 24.8. The zero-order valence-corrected chi connectivity index (χ0v) is 12.1. The summed E-state index contributed by atoms with van der Waals surface area (Å²) in [6, 6.07) is 7.28. The third kappa shape index (κ3) is 2.44. The number of imidazole rings is 1. The first-order valence-corrected chi connectivity index (χ1v) is 6.96. The number of aromatic nitrogens is 2. The van der Waals surface area contributed by atoms with Gasteiger partial charge in [0.15, 0.2) is 12.5 Å². The van der Waals surface area contributed by atoms with Gasteiger partial charge in [-0.3, -0.25) is 9.36 Å². The summed E-state index contributed by atoms with van der Waals surface area (Å²) in [5.74, 6) is 0. The highest BCUT2D eigenvalue weighted by molar-refractivity contribution is 5.66. The fourth-order valence-corrected chi connectivity index (χ4v) is 2.56. The van der Waals surface area contributed by atoms with E-state index in [9.17, 15) is 9.59 Å². The van der Waals surface area contributed by atoms with E-state index in [1.54, 1.807) is 24.3 Å².